The molecule has 2 rings (SSSR count). The number of nitrogens with zero attached hydrogens (tertiary/aromatic N) is 1. The van der Waals surface area contributed by atoms with Gasteiger partial charge in [0, 0.05) is 0 Å². The standard InChI is InChI=1S/C13H9Cl2N3O2S/c14-10-3-2-9(6-12(10)17)18-21(19,20)13-4-1-8(7-16)5-11(13)15/h1-6,18H,17H2. The van der Waals surface area contributed by atoms with Crippen LogP contribution in [0.4, 0.5) is 11.4 Å². The maximum atomic E-state index is 12.3. The van der Waals surface area contributed by atoms with Crippen molar-refractivity contribution in [2.24, 2.45) is 0 Å². The minimum absolute atomic E-state index is 0.0384. The summed E-state index contributed by atoms with van der Waals surface area (Å²) in [7, 11) is -3.89. The fraction of sp³-hybridized carbons (Fsp3) is 0. The Balaban J connectivity index is 2.38. The van der Waals surface area contributed by atoms with E-state index in [-0.39, 0.29) is 26.9 Å². The monoisotopic (exact) mass is 341 g/mol. The summed E-state index contributed by atoms with van der Waals surface area (Å²) in [6, 6.07) is 10.2. The van der Waals surface area contributed by atoms with Gasteiger partial charge in [0.25, 0.3) is 10.0 Å². The summed E-state index contributed by atoms with van der Waals surface area (Å²) < 4.78 is 26.9. The van der Waals surface area contributed by atoms with E-state index >= 15 is 0 Å². The number of hydrogen-bond donors (Lipinski definition) is 2. The van der Waals surface area contributed by atoms with Crippen molar-refractivity contribution in [3.05, 3.63) is 52.0 Å². The van der Waals surface area contributed by atoms with Gasteiger partial charge in [-0.15, -0.1) is 0 Å². The third kappa shape index (κ3) is 3.39. The average Bonchev–Trinajstić information content (AvgIpc) is 2.42. The Morgan fingerprint density at radius 3 is 2.38 bits per heavy atom. The van der Waals surface area contributed by atoms with Gasteiger partial charge in [0.2, 0.25) is 0 Å². The van der Waals surface area contributed by atoms with Crippen LogP contribution in [0.2, 0.25) is 10.0 Å². The first-order chi connectivity index (χ1) is 9.83. The summed E-state index contributed by atoms with van der Waals surface area (Å²) in [6.45, 7) is 0. The lowest BCUT2D eigenvalue weighted by Crippen LogP contribution is -2.13. The molecule has 0 saturated carbocycles. The van der Waals surface area contributed by atoms with Gasteiger partial charge < -0.3 is 5.73 Å². The molecule has 108 valence electrons. The van der Waals surface area contributed by atoms with Gasteiger partial charge in [-0.05, 0) is 36.4 Å². The van der Waals surface area contributed by atoms with Gasteiger partial charge in [0.05, 0.1) is 33.1 Å². The number of nitrogens with one attached hydrogen (secondary N) is 1. The topological polar surface area (TPSA) is 96.0 Å². The van der Waals surface area contributed by atoms with Gasteiger partial charge in [0.15, 0.2) is 0 Å². The van der Waals surface area contributed by atoms with Crippen LogP contribution in [0, 0.1) is 11.3 Å². The van der Waals surface area contributed by atoms with E-state index in [9.17, 15) is 8.42 Å². The molecule has 0 fully saturated rings. The summed E-state index contributed by atoms with van der Waals surface area (Å²) in [6.07, 6.45) is 0. The Morgan fingerprint density at radius 1 is 1.10 bits per heavy atom. The fourth-order valence-electron chi connectivity index (χ4n) is 1.61. The van der Waals surface area contributed by atoms with E-state index < -0.39 is 10.0 Å². The van der Waals surface area contributed by atoms with E-state index in [2.05, 4.69) is 4.72 Å². The van der Waals surface area contributed by atoms with Crippen molar-refractivity contribution in [2.45, 2.75) is 4.90 Å². The first-order valence-electron chi connectivity index (χ1n) is 5.61. The van der Waals surface area contributed by atoms with Crippen LogP contribution >= 0.6 is 23.2 Å². The molecule has 3 N–H and O–H groups in total. The summed E-state index contributed by atoms with van der Waals surface area (Å²) in [4.78, 5) is -0.128. The third-order valence-corrected chi connectivity index (χ3v) is 4.81. The molecule has 21 heavy (non-hydrogen) atoms. The number of nitrogen functional groups attached to an aromatic ring is 1. The number of rotatable bonds is 3. The van der Waals surface area contributed by atoms with Crippen LogP contribution in [-0.4, -0.2) is 8.42 Å². The van der Waals surface area contributed by atoms with Crippen molar-refractivity contribution in [2.75, 3.05) is 10.5 Å². The smallest absolute Gasteiger partial charge is 0.263 e. The quantitative estimate of drug-likeness (QED) is 0.837. The van der Waals surface area contributed by atoms with Crippen molar-refractivity contribution in [3.8, 4) is 6.07 Å². The van der Waals surface area contributed by atoms with Crippen molar-refractivity contribution in [1.29, 1.82) is 5.26 Å². The molecule has 0 aromatic heterocycles. The van der Waals surface area contributed by atoms with Gasteiger partial charge in [-0.3, -0.25) is 4.72 Å². The summed E-state index contributed by atoms with van der Waals surface area (Å²) >= 11 is 11.7. The number of sulfonamides is 1. The lowest BCUT2D eigenvalue weighted by Gasteiger charge is -2.10. The number of nitrogens with two attached hydrogens (primary N) is 1. The number of halogens is 2. The van der Waals surface area contributed by atoms with Crippen LogP contribution in [0.5, 0.6) is 0 Å². The van der Waals surface area contributed by atoms with E-state index in [1.807, 2.05) is 6.07 Å². The van der Waals surface area contributed by atoms with Gasteiger partial charge in [-0.1, -0.05) is 23.2 Å². The van der Waals surface area contributed by atoms with E-state index in [0.717, 1.165) is 0 Å². The Morgan fingerprint density at radius 2 is 1.81 bits per heavy atom. The molecule has 2 aromatic carbocycles. The maximum absolute atomic E-state index is 12.3. The number of hydrogen-bond acceptors (Lipinski definition) is 4. The van der Waals surface area contributed by atoms with Crippen LogP contribution in [-0.2, 0) is 10.0 Å². The Hall–Kier alpha value is -1.94. The normalized spacial score (nSPS) is 10.9. The minimum Gasteiger partial charge on any atom is -0.397 e. The first kappa shape index (κ1) is 15.4. The lowest BCUT2D eigenvalue weighted by atomic mass is 10.2. The Bertz CT molecular complexity index is 845. The molecule has 0 heterocycles. The second-order valence-corrected chi connectivity index (χ2v) is 6.56. The fourth-order valence-corrected chi connectivity index (χ4v) is 3.32. The molecule has 0 radical (unpaired) electrons. The average molecular weight is 342 g/mol. The molecule has 0 aliphatic carbocycles. The SMILES string of the molecule is N#Cc1ccc(S(=O)(=O)Nc2ccc(Cl)c(N)c2)c(Cl)c1. The lowest BCUT2D eigenvalue weighted by molar-refractivity contribution is 0.601. The van der Waals surface area contributed by atoms with Crippen molar-refractivity contribution >= 4 is 44.6 Å². The van der Waals surface area contributed by atoms with Gasteiger partial charge in [-0.2, -0.15) is 5.26 Å². The van der Waals surface area contributed by atoms with Crippen molar-refractivity contribution in [1.82, 2.24) is 0 Å². The summed E-state index contributed by atoms with van der Waals surface area (Å²) in [5, 5.41) is 9.04. The molecule has 5 nitrogen and oxygen atoms in total. The first-order valence-corrected chi connectivity index (χ1v) is 7.85. The maximum Gasteiger partial charge on any atom is 0.263 e. The largest absolute Gasteiger partial charge is 0.397 e. The van der Waals surface area contributed by atoms with Crippen LogP contribution in [0.15, 0.2) is 41.3 Å². The summed E-state index contributed by atoms with van der Waals surface area (Å²) in [5.41, 5.74) is 6.40. The highest BCUT2D eigenvalue weighted by Gasteiger charge is 2.18. The zero-order valence-corrected chi connectivity index (χ0v) is 12.8. The van der Waals surface area contributed by atoms with Crippen molar-refractivity contribution < 1.29 is 8.42 Å². The predicted octanol–water partition coefficient (Wildman–Crippen LogP) is 3.25. The molecule has 8 heteroatoms. The van der Waals surface area contributed by atoms with Gasteiger partial charge in [-0.25, -0.2) is 8.42 Å². The Kier molecular flexibility index (Phi) is 4.28. The third-order valence-electron chi connectivity index (χ3n) is 2.60. The zero-order valence-electron chi connectivity index (χ0n) is 10.5. The van der Waals surface area contributed by atoms with Crippen LogP contribution in [0.25, 0.3) is 0 Å². The van der Waals surface area contributed by atoms with Gasteiger partial charge >= 0.3 is 0 Å². The van der Waals surface area contributed by atoms with Gasteiger partial charge in [0.1, 0.15) is 4.90 Å². The van der Waals surface area contributed by atoms with E-state index in [1.165, 1.54) is 36.4 Å². The highest BCUT2D eigenvalue weighted by atomic mass is 35.5. The number of anilines is 2. The number of benzene rings is 2. The van der Waals surface area contributed by atoms with E-state index in [0.29, 0.717) is 5.02 Å². The number of nitriles is 1. The second kappa shape index (κ2) is 5.82. The van der Waals surface area contributed by atoms with Crippen molar-refractivity contribution in [3.63, 3.8) is 0 Å². The molecule has 2 aromatic rings. The molecule has 0 aliphatic rings. The molecule has 0 atom stereocenters. The second-order valence-electron chi connectivity index (χ2n) is 4.10. The van der Waals surface area contributed by atoms with Crippen LogP contribution in [0.1, 0.15) is 5.56 Å². The van der Waals surface area contributed by atoms with E-state index in [4.69, 9.17) is 34.2 Å². The molecule has 0 unspecified atom stereocenters. The Labute approximate surface area is 132 Å². The molecular weight excluding hydrogens is 333 g/mol. The molecular formula is C13H9Cl2N3O2S. The molecule has 0 aliphatic heterocycles. The van der Waals surface area contributed by atoms with Crippen LogP contribution in [0.3, 0.4) is 0 Å². The molecule has 0 bridgehead atoms. The molecule has 0 amide bonds. The highest BCUT2D eigenvalue weighted by molar-refractivity contribution is 7.92. The summed E-state index contributed by atoms with van der Waals surface area (Å²) in [5.74, 6) is 0. The van der Waals surface area contributed by atoms with Crippen LogP contribution < -0.4 is 10.5 Å². The molecule has 0 saturated heterocycles. The predicted molar refractivity (Wildman–Crippen MR) is 82.8 cm³/mol. The zero-order chi connectivity index (χ0) is 15.6. The van der Waals surface area contributed by atoms with E-state index in [1.54, 1.807) is 0 Å². The highest BCUT2D eigenvalue weighted by Crippen LogP contribution is 2.27. The molecule has 0 spiro atoms. The minimum atomic E-state index is -3.89.